The Balaban J connectivity index is 1.48. The van der Waals surface area contributed by atoms with Gasteiger partial charge in [-0.25, -0.2) is 9.78 Å². The number of fused-ring (bicyclic) bond motifs is 2. The highest BCUT2D eigenvalue weighted by Gasteiger charge is 2.12. The molecule has 31 heavy (non-hydrogen) atoms. The van der Waals surface area contributed by atoms with Gasteiger partial charge in [0.15, 0.2) is 0 Å². The summed E-state index contributed by atoms with van der Waals surface area (Å²) in [7, 11) is 0. The Morgan fingerprint density at radius 1 is 1.06 bits per heavy atom. The van der Waals surface area contributed by atoms with Crippen LogP contribution >= 0.6 is 0 Å². The fraction of sp³-hybridized carbons (Fsp3) is 0.0417. The van der Waals surface area contributed by atoms with Gasteiger partial charge in [-0.05, 0) is 48.0 Å². The highest BCUT2D eigenvalue weighted by atomic mass is 16.2. The first-order valence-electron chi connectivity index (χ1n) is 10.6. The van der Waals surface area contributed by atoms with Crippen molar-refractivity contribution in [3.8, 4) is 6.07 Å². The second-order valence-corrected chi connectivity index (χ2v) is 6.87. The predicted octanol–water partition coefficient (Wildman–Crippen LogP) is 5.08. The summed E-state index contributed by atoms with van der Waals surface area (Å²) in [5, 5.41) is 16.1. The molecule has 0 bridgehead atoms. The lowest BCUT2D eigenvalue weighted by atomic mass is 10.2. The molecule has 0 saturated heterocycles. The van der Waals surface area contributed by atoms with E-state index in [0.717, 1.165) is 0 Å². The molecular formula is C24H18N6O. The van der Waals surface area contributed by atoms with Gasteiger partial charge < -0.3 is 20.2 Å². The van der Waals surface area contributed by atoms with Crippen LogP contribution in [0.1, 0.15) is 13.9 Å². The molecular weight excluding hydrogens is 388 g/mol. The van der Waals surface area contributed by atoms with Crippen LogP contribution in [-0.2, 0) is 6.50 Å². The second kappa shape index (κ2) is 7.69. The number of benzene rings is 2. The van der Waals surface area contributed by atoms with E-state index in [9.17, 15) is 10.1 Å². The van der Waals surface area contributed by atoms with Crippen LogP contribution in [0.4, 0.5) is 16.2 Å². The van der Waals surface area contributed by atoms with E-state index in [1.54, 1.807) is 73.2 Å². The van der Waals surface area contributed by atoms with Crippen LogP contribution in [0.2, 0.25) is 0 Å². The number of H-pyrrole nitrogens is 1. The van der Waals surface area contributed by atoms with E-state index >= 15 is 0 Å². The Kier molecular flexibility index (Phi) is 4.03. The number of aromatic amines is 1. The molecule has 0 aliphatic carbocycles. The van der Waals surface area contributed by atoms with E-state index in [2.05, 4.69) is 20.6 Å². The number of urea groups is 1. The van der Waals surface area contributed by atoms with Crippen LogP contribution in [0.15, 0.2) is 79.3 Å². The van der Waals surface area contributed by atoms with Crippen molar-refractivity contribution in [3.63, 3.8) is 0 Å². The number of anilines is 2. The third-order valence-corrected chi connectivity index (χ3v) is 4.97. The summed E-state index contributed by atoms with van der Waals surface area (Å²) in [6, 6.07) is 18.9. The van der Waals surface area contributed by atoms with Crippen LogP contribution in [-0.4, -0.2) is 20.6 Å². The lowest BCUT2D eigenvalue weighted by Gasteiger charge is -2.10. The normalized spacial score (nSPS) is 12.2. The van der Waals surface area contributed by atoms with Gasteiger partial charge in [-0.1, -0.05) is 18.2 Å². The standard InChI is InChI=1S/C24H18N6O/c25-13-16-5-1-2-7-20(16)28-24(31)29-21-8-3-9-22-19(21)10-12-30(22)15-17-14-27-23-18(17)6-4-11-26-23/h1-12,14H,15H2,(H,26,27)(H2,28,29,31)/i15D2. The Labute approximate surface area is 180 Å². The van der Waals surface area contributed by atoms with Crippen LogP contribution in [0.3, 0.4) is 0 Å². The van der Waals surface area contributed by atoms with Gasteiger partial charge in [0.2, 0.25) is 0 Å². The molecule has 0 aliphatic heterocycles. The average molecular weight is 408 g/mol. The molecule has 0 fully saturated rings. The number of nitriles is 1. The van der Waals surface area contributed by atoms with Crippen molar-refractivity contribution in [3.05, 3.63) is 90.4 Å². The number of pyridine rings is 1. The average Bonchev–Trinajstić information content (AvgIpc) is 3.45. The number of hydrogen-bond donors (Lipinski definition) is 3. The molecule has 0 spiro atoms. The van der Waals surface area contributed by atoms with E-state index in [1.165, 1.54) is 4.57 Å². The Bertz CT molecular complexity index is 1550. The van der Waals surface area contributed by atoms with E-state index in [-0.39, 0.29) is 0 Å². The number of hydrogen-bond acceptors (Lipinski definition) is 3. The van der Waals surface area contributed by atoms with Crippen molar-refractivity contribution in [2.75, 3.05) is 10.6 Å². The zero-order valence-electron chi connectivity index (χ0n) is 18.3. The fourth-order valence-corrected chi connectivity index (χ4v) is 3.52. The van der Waals surface area contributed by atoms with Gasteiger partial charge in [-0.3, -0.25) is 0 Å². The summed E-state index contributed by atoms with van der Waals surface area (Å²) in [5.74, 6) is 0. The molecule has 3 aromatic heterocycles. The molecule has 5 aromatic rings. The zero-order chi connectivity index (χ0) is 23.0. The molecule has 0 atom stereocenters. The molecule has 2 amide bonds. The molecule has 7 heteroatoms. The fourth-order valence-electron chi connectivity index (χ4n) is 3.52. The van der Waals surface area contributed by atoms with Crippen molar-refractivity contribution < 1.29 is 7.54 Å². The molecule has 5 rings (SSSR count). The van der Waals surface area contributed by atoms with Gasteiger partial charge in [0.25, 0.3) is 0 Å². The summed E-state index contributed by atoms with van der Waals surface area (Å²) in [6.07, 6.45) is 4.95. The molecule has 0 radical (unpaired) electrons. The van der Waals surface area contributed by atoms with Crippen LogP contribution in [0, 0.1) is 11.3 Å². The van der Waals surface area contributed by atoms with Crippen LogP contribution in [0.5, 0.6) is 0 Å². The quantitative estimate of drug-likeness (QED) is 0.387. The molecule has 0 aliphatic rings. The molecule has 0 unspecified atom stereocenters. The molecule has 150 valence electrons. The van der Waals surface area contributed by atoms with Gasteiger partial charge in [0, 0.05) is 35.9 Å². The molecule has 3 N–H and O–H groups in total. The third-order valence-electron chi connectivity index (χ3n) is 4.97. The highest BCUT2D eigenvalue weighted by molar-refractivity contribution is 6.06. The maximum Gasteiger partial charge on any atom is 0.323 e. The Morgan fingerprint density at radius 3 is 2.81 bits per heavy atom. The number of rotatable bonds is 4. The van der Waals surface area contributed by atoms with Crippen LogP contribution < -0.4 is 10.6 Å². The predicted molar refractivity (Wildman–Crippen MR) is 121 cm³/mol. The van der Waals surface area contributed by atoms with E-state index < -0.39 is 12.5 Å². The Morgan fingerprint density at radius 2 is 1.90 bits per heavy atom. The molecule has 7 nitrogen and oxygen atoms in total. The lowest BCUT2D eigenvalue weighted by molar-refractivity contribution is 0.262. The van der Waals surface area contributed by atoms with Gasteiger partial charge in [-0.2, -0.15) is 5.26 Å². The van der Waals surface area contributed by atoms with Gasteiger partial charge in [0.05, 0.1) is 25.2 Å². The topological polar surface area (TPSA) is 98.5 Å². The summed E-state index contributed by atoms with van der Waals surface area (Å²) >= 11 is 0. The lowest BCUT2D eigenvalue weighted by Crippen LogP contribution is -2.20. The minimum Gasteiger partial charge on any atom is -0.346 e. The number of nitrogens with one attached hydrogen (secondary N) is 3. The second-order valence-electron chi connectivity index (χ2n) is 6.87. The van der Waals surface area contributed by atoms with E-state index in [0.29, 0.717) is 44.4 Å². The van der Waals surface area contributed by atoms with E-state index in [4.69, 9.17) is 2.74 Å². The SMILES string of the molecule is [2H]C([2H])(c1c[nH]c2ncccc12)n1ccc2c(NC(=O)Nc3ccccc3C#N)cccc21. The Hall–Kier alpha value is -4.57. The van der Waals surface area contributed by atoms with Crippen LogP contribution in [0.25, 0.3) is 21.9 Å². The van der Waals surface area contributed by atoms with Crippen molar-refractivity contribution in [2.24, 2.45) is 0 Å². The maximum absolute atomic E-state index is 12.6. The van der Waals surface area contributed by atoms with Gasteiger partial charge in [-0.15, -0.1) is 0 Å². The first-order chi connectivity index (χ1) is 16.0. The maximum atomic E-state index is 12.6. The number of nitrogens with zero attached hydrogens (tertiary/aromatic N) is 3. The molecule has 2 aromatic carbocycles. The largest absolute Gasteiger partial charge is 0.346 e. The van der Waals surface area contributed by atoms with Gasteiger partial charge in [0.1, 0.15) is 11.7 Å². The minimum absolute atomic E-state index is 0.360. The van der Waals surface area contributed by atoms with Gasteiger partial charge >= 0.3 is 6.03 Å². The first kappa shape index (κ1) is 16.3. The van der Waals surface area contributed by atoms with Crippen molar-refractivity contribution in [1.82, 2.24) is 14.5 Å². The third kappa shape index (κ3) is 3.47. The number of para-hydroxylation sites is 1. The monoisotopic (exact) mass is 408 g/mol. The van der Waals surface area contributed by atoms with E-state index in [1.807, 2.05) is 12.1 Å². The summed E-state index contributed by atoms with van der Waals surface area (Å²) in [5.41, 5.74) is 2.99. The zero-order valence-corrected chi connectivity index (χ0v) is 16.3. The number of amides is 2. The number of carbonyl (C=O) groups is 1. The smallest absolute Gasteiger partial charge is 0.323 e. The summed E-state index contributed by atoms with van der Waals surface area (Å²) in [6.45, 7) is -1.87. The first-order valence-corrected chi connectivity index (χ1v) is 9.59. The number of carbonyl (C=O) groups excluding carboxylic acids is 1. The van der Waals surface area contributed by atoms with Crippen molar-refractivity contribution in [1.29, 1.82) is 5.26 Å². The molecule has 0 saturated carbocycles. The summed E-state index contributed by atoms with van der Waals surface area (Å²) in [4.78, 5) is 19.9. The van der Waals surface area contributed by atoms with Crippen molar-refractivity contribution in [2.45, 2.75) is 6.50 Å². The highest BCUT2D eigenvalue weighted by Crippen LogP contribution is 2.27. The molecule has 3 heterocycles. The van der Waals surface area contributed by atoms with Crippen molar-refractivity contribution >= 4 is 39.3 Å². The number of aromatic nitrogens is 3. The minimum atomic E-state index is -1.87. The summed E-state index contributed by atoms with van der Waals surface area (Å²) < 4.78 is 19.3.